The normalized spacial score (nSPS) is 10.7. The molecular weight excluding hydrogens is 433 g/mol. The van der Waals surface area contributed by atoms with Crippen LogP contribution < -0.4 is 15.4 Å². The van der Waals surface area contributed by atoms with E-state index in [0.717, 1.165) is 18.2 Å². The summed E-state index contributed by atoms with van der Waals surface area (Å²) >= 11 is 5.57. The molecule has 0 unspecified atom stereocenters. The summed E-state index contributed by atoms with van der Waals surface area (Å²) in [6, 6.07) is 9.69. The summed E-state index contributed by atoms with van der Waals surface area (Å²) in [5.74, 6) is -3.51. The number of benzene rings is 3. The highest BCUT2D eigenvalue weighted by atomic mass is 35.5. The van der Waals surface area contributed by atoms with Crippen molar-refractivity contribution in [1.29, 1.82) is 0 Å². The molecule has 0 fully saturated rings. The zero-order valence-electron chi connectivity index (χ0n) is 15.5. The molecule has 0 aliphatic heterocycles. The zero-order chi connectivity index (χ0) is 22.0. The average Bonchev–Trinajstić information content (AvgIpc) is 2.76. The maximum atomic E-state index is 14.5. The van der Waals surface area contributed by atoms with Crippen molar-refractivity contribution in [3.8, 4) is 11.5 Å². The monoisotopic (exact) mass is 444 g/mol. The van der Waals surface area contributed by atoms with Crippen LogP contribution in [0.5, 0.6) is 11.5 Å². The van der Waals surface area contributed by atoms with Crippen LogP contribution >= 0.6 is 11.6 Å². The maximum Gasteiger partial charge on any atom is 0.323 e. The van der Waals surface area contributed by atoms with E-state index in [1.807, 2.05) is 0 Å². The van der Waals surface area contributed by atoms with Crippen LogP contribution in [0.25, 0.3) is 11.0 Å². The molecule has 2 N–H and O–H groups in total. The number of nitrogens with one attached hydrogen (secondary N) is 2. The Morgan fingerprint density at radius 2 is 1.65 bits per heavy atom. The van der Waals surface area contributed by atoms with E-state index in [1.54, 1.807) is 12.1 Å². The first-order chi connectivity index (χ1) is 14.9. The van der Waals surface area contributed by atoms with Crippen LogP contribution in [0.15, 0.2) is 60.9 Å². The summed E-state index contributed by atoms with van der Waals surface area (Å²) < 4.78 is 47.8. The molecule has 4 aromatic rings. The van der Waals surface area contributed by atoms with Gasteiger partial charge in [-0.05, 0) is 42.5 Å². The Kier molecular flexibility index (Phi) is 5.59. The molecule has 4 rings (SSSR count). The van der Waals surface area contributed by atoms with Crippen molar-refractivity contribution in [1.82, 2.24) is 9.97 Å². The van der Waals surface area contributed by atoms with Gasteiger partial charge in [-0.3, -0.25) is 9.97 Å². The third-order valence-electron chi connectivity index (χ3n) is 4.14. The number of anilines is 2. The standard InChI is InChI=1S/C21H12ClF3N4O2/c22-13-3-1-11(9-14(13)23)28-21(30)29-16-5-6-18(20(25)19(16)24)31-12-2-4-15-17(10-12)27-8-7-26-15/h1-10H,(H2,28,29,30). The van der Waals surface area contributed by atoms with Gasteiger partial charge in [-0.15, -0.1) is 0 Å². The Morgan fingerprint density at radius 3 is 2.42 bits per heavy atom. The molecule has 0 saturated heterocycles. The van der Waals surface area contributed by atoms with Gasteiger partial charge >= 0.3 is 6.03 Å². The fourth-order valence-electron chi connectivity index (χ4n) is 2.70. The summed E-state index contributed by atoms with van der Waals surface area (Å²) in [5, 5.41) is 4.33. The van der Waals surface area contributed by atoms with Gasteiger partial charge in [-0.1, -0.05) is 11.6 Å². The van der Waals surface area contributed by atoms with Gasteiger partial charge in [0.05, 0.1) is 21.7 Å². The number of carbonyl (C=O) groups is 1. The predicted octanol–water partition coefficient (Wildman–Crippen LogP) is 6.14. The quantitative estimate of drug-likeness (QED) is 0.396. The molecule has 0 bridgehead atoms. The molecule has 0 aliphatic carbocycles. The molecule has 10 heteroatoms. The molecule has 6 nitrogen and oxygen atoms in total. The third-order valence-corrected chi connectivity index (χ3v) is 4.45. The Balaban J connectivity index is 1.49. The maximum absolute atomic E-state index is 14.5. The van der Waals surface area contributed by atoms with Crippen LogP contribution in [0.3, 0.4) is 0 Å². The molecule has 31 heavy (non-hydrogen) atoms. The molecule has 0 spiro atoms. The second-order valence-electron chi connectivity index (χ2n) is 6.26. The van der Waals surface area contributed by atoms with Gasteiger partial charge in [0, 0.05) is 24.1 Å². The SMILES string of the molecule is O=C(Nc1ccc(Cl)c(F)c1)Nc1ccc(Oc2ccc3nccnc3c2)c(F)c1F. The summed E-state index contributed by atoms with van der Waals surface area (Å²) in [7, 11) is 0. The predicted molar refractivity (Wildman–Crippen MR) is 110 cm³/mol. The number of carbonyl (C=O) groups excluding carboxylic acids is 1. The fraction of sp³-hybridized carbons (Fsp3) is 0. The number of urea groups is 1. The Labute approximate surface area is 178 Å². The number of hydrogen-bond donors (Lipinski definition) is 2. The van der Waals surface area contributed by atoms with Crippen molar-refractivity contribution in [3.05, 3.63) is 83.4 Å². The van der Waals surface area contributed by atoms with Gasteiger partial charge in [0.1, 0.15) is 11.6 Å². The van der Waals surface area contributed by atoms with Gasteiger partial charge in [0.2, 0.25) is 5.82 Å². The summed E-state index contributed by atoms with van der Waals surface area (Å²) in [5.41, 5.74) is 0.794. The van der Waals surface area contributed by atoms with Crippen molar-refractivity contribution >= 4 is 40.0 Å². The summed E-state index contributed by atoms with van der Waals surface area (Å²) in [6.07, 6.45) is 3.03. The molecule has 0 saturated carbocycles. The van der Waals surface area contributed by atoms with E-state index in [1.165, 1.54) is 30.6 Å². The summed E-state index contributed by atoms with van der Waals surface area (Å²) in [4.78, 5) is 20.3. The van der Waals surface area contributed by atoms with Crippen molar-refractivity contribution in [2.45, 2.75) is 0 Å². The number of nitrogens with zero attached hydrogens (tertiary/aromatic N) is 2. The second kappa shape index (κ2) is 8.49. The van der Waals surface area contributed by atoms with E-state index in [9.17, 15) is 18.0 Å². The highest BCUT2D eigenvalue weighted by Crippen LogP contribution is 2.31. The lowest BCUT2D eigenvalue weighted by Gasteiger charge is -2.12. The van der Waals surface area contributed by atoms with E-state index in [4.69, 9.17) is 16.3 Å². The first-order valence-corrected chi connectivity index (χ1v) is 9.18. The minimum atomic E-state index is -1.32. The van der Waals surface area contributed by atoms with Gasteiger partial charge in [-0.2, -0.15) is 4.39 Å². The number of fused-ring (bicyclic) bond motifs is 1. The fourth-order valence-corrected chi connectivity index (χ4v) is 2.82. The highest BCUT2D eigenvalue weighted by Gasteiger charge is 2.17. The minimum absolute atomic E-state index is 0.0830. The van der Waals surface area contributed by atoms with Crippen LogP contribution in [-0.4, -0.2) is 16.0 Å². The number of amides is 2. The third kappa shape index (κ3) is 4.51. The Hall–Kier alpha value is -3.85. The topological polar surface area (TPSA) is 76.1 Å². The lowest BCUT2D eigenvalue weighted by Crippen LogP contribution is -2.20. The summed E-state index contributed by atoms with van der Waals surface area (Å²) in [6.45, 7) is 0. The largest absolute Gasteiger partial charge is 0.454 e. The van der Waals surface area contributed by atoms with Crippen LogP contribution in [0.1, 0.15) is 0 Å². The minimum Gasteiger partial charge on any atom is -0.454 e. The van der Waals surface area contributed by atoms with Crippen molar-refractivity contribution in [2.75, 3.05) is 10.6 Å². The molecule has 3 aromatic carbocycles. The van der Waals surface area contributed by atoms with E-state index >= 15 is 0 Å². The van der Waals surface area contributed by atoms with Crippen LogP contribution in [-0.2, 0) is 0 Å². The van der Waals surface area contributed by atoms with E-state index in [0.29, 0.717) is 11.0 Å². The number of rotatable bonds is 4. The van der Waals surface area contributed by atoms with Gasteiger partial charge in [0.15, 0.2) is 11.6 Å². The molecule has 156 valence electrons. The molecule has 2 amide bonds. The van der Waals surface area contributed by atoms with Crippen LogP contribution in [0.4, 0.5) is 29.3 Å². The smallest absolute Gasteiger partial charge is 0.323 e. The highest BCUT2D eigenvalue weighted by molar-refractivity contribution is 6.30. The second-order valence-corrected chi connectivity index (χ2v) is 6.66. The van der Waals surface area contributed by atoms with Gasteiger partial charge < -0.3 is 15.4 Å². The molecule has 1 heterocycles. The van der Waals surface area contributed by atoms with Crippen molar-refractivity contribution < 1.29 is 22.7 Å². The molecule has 0 atom stereocenters. The lowest BCUT2D eigenvalue weighted by atomic mass is 10.2. The van der Waals surface area contributed by atoms with Crippen molar-refractivity contribution in [3.63, 3.8) is 0 Å². The zero-order valence-corrected chi connectivity index (χ0v) is 16.3. The van der Waals surface area contributed by atoms with E-state index in [-0.39, 0.29) is 22.2 Å². The number of aromatic nitrogens is 2. The number of hydrogen-bond acceptors (Lipinski definition) is 4. The molecule has 0 aliphatic rings. The first kappa shape index (κ1) is 20.4. The average molecular weight is 445 g/mol. The number of ether oxygens (including phenoxy) is 1. The van der Waals surface area contributed by atoms with Gasteiger partial charge in [-0.25, -0.2) is 13.6 Å². The van der Waals surface area contributed by atoms with Gasteiger partial charge in [0.25, 0.3) is 0 Å². The Morgan fingerprint density at radius 1 is 0.871 bits per heavy atom. The molecular formula is C21H12ClF3N4O2. The molecule has 1 aromatic heterocycles. The van der Waals surface area contributed by atoms with E-state index in [2.05, 4.69) is 20.6 Å². The molecule has 0 radical (unpaired) electrons. The first-order valence-electron chi connectivity index (χ1n) is 8.80. The lowest BCUT2D eigenvalue weighted by molar-refractivity contribution is 0.262. The van der Waals surface area contributed by atoms with Crippen molar-refractivity contribution in [2.24, 2.45) is 0 Å². The van der Waals surface area contributed by atoms with Crippen LogP contribution in [0.2, 0.25) is 5.02 Å². The Bertz CT molecular complexity index is 1300. The van der Waals surface area contributed by atoms with E-state index < -0.39 is 29.2 Å². The van der Waals surface area contributed by atoms with Crippen LogP contribution in [0, 0.1) is 17.5 Å². The number of halogens is 4.